The lowest BCUT2D eigenvalue weighted by atomic mass is 9.82. The number of aryl methyl sites for hydroxylation is 2. The highest BCUT2D eigenvalue weighted by molar-refractivity contribution is 5.61. The second-order valence-corrected chi connectivity index (χ2v) is 5.90. The quantitative estimate of drug-likeness (QED) is 0.935. The van der Waals surface area contributed by atoms with E-state index in [4.69, 9.17) is 5.73 Å². The molecule has 1 aliphatic rings. The molecule has 1 aromatic heterocycles. The Morgan fingerprint density at radius 3 is 2.90 bits per heavy atom. The topological polar surface area (TPSA) is 42.1 Å². The fourth-order valence-corrected chi connectivity index (χ4v) is 3.20. The number of rotatable bonds is 3. The van der Waals surface area contributed by atoms with E-state index in [-0.39, 0.29) is 0 Å². The number of aromatic nitrogens is 1. The second-order valence-electron chi connectivity index (χ2n) is 5.90. The van der Waals surface area contributed by atoms with Crippen LogP contribution in [0.5, 0.6) is 0 Å². The Kier molecular flexibility index (Phi) is 3.93. The van der Waals surface area contributed by atoms with Crippen LogP contribution in [0.25, 0.3) is 0 Å². The average molecular weight is 281 g/mol. The van der Waals surface area contributed by atoms with Crippen LogP contribution in [-0.2, 0) is 6.42 Å². The zero-order valence-electron chi connectivity index (χ0n) is 12.8. The van der Waals surface area contributed by atoms with Gasteiger partial charge in [0.2, 0.25) is 0 Å². The van der Waals surface area contributed by atoms with Gasteiger partial charge < -0.3 is 10.6 Å². The van der Waals surface area contributed by atoms with Crippen molar-refractivity contribution in [3.05, 3.63) is 53.2 Å². The molecular formula is C18H23N3. The van der Waals surface area contributed by atoms with Gasteiger partial charge in [-0.05, 0) is 74.0 Å². The number of hydrogen-bond acceptors (Lipinski definition) is 3. The van der Waals surface area contributed by atoms with Crippen LogP contribution in [-0.4, -0.2) is 18.6 Å². The first-order valence-electron chi connectivity index (χ1n) is 7.69. The van der Waals surface area contributed by atoms with Crippen LogP contribution in [0.1, 0.15) is 35.6 Å². The number of fused-ring (bicyclic) bond motifs is 1. The maximum atomic E-state index is 5.90. The van der Waals surface area contributed by atoms with Gasteiger partial charge in [-0.3, -0.25) is 0 Å². The molecule has 1 aromatic carbocycles. The third-order valence-electron chi connectivity index (χ3n) is 4.45. The Hall–Kier alpha value is -1.87. The fraction of sp³-hybridized carbons (Fsp3) is 0.389. The van der Waals surface area contributed by atoms with Gasteiger partial charge in [0.25, 0.3) is 0 Å². The van der Waals surface area contributed by atoms with Gasteiger partial charge in [-0.1, -0.05) is 12.1 Å². The molecule has 3 rings (SSSR count). The molecule has 3 nitrogen and oxygen atoms in total. The summed E-state index contributed by atoms with van der Waals surface area (Å²) in [5.74, 6) is 1.52. The van der Waals surface area contributed by atoms with E-state index < -0.39 is 0 Å². The molecule has 0 aliphatic heterocycles. The van der Waals surface area contributed by atoms with Crippen LogP contribution in [0.15, 0.2) is 36.4 Å². The number of hydrogen-bond donors (Lipinski definition) is 1. The molecule has 2 aromatic rings. The molecule has 21 heavy (non-hydrogen) atoms. The van der Waals surface area contributed by atoms with Gasteiger partial charge in [-0.15, -0.1) is 0 Å². The lowest BCUT2D eigenvalue weighted by Crippen LogP contribution is -2.19. The molecule has 0 spiro atoms. The number of anilines is 2. The van der Waals surface area contributed by atoms with Crippen molar-refractivity contribution in [3.63, 3.8) is 0 Å². The summed E-state index contributed by atoms with van der Waals surface area (Å²) in [5.41, 5.74) is 11.0. The molecule has 0 bridgehead atoms. The molecule has 0 saturated carbocycles. The van der Waals surface area contributed by atoms with E-state index in [1.54, 1.807) is 0 Å². The van der Waals surface area contributed by atoms with Crippen LogP contribution < -0.4 is 10.6 Å². The number of nitrogens with zero attached hydrogens (tertiary/aromatic N) is 2. The van der Waals surface area contributed by atoms with E-state index in [0.29, 0.717) is 5.92 Å². The average Bonchev–Trinajstić information content (AvgIpc) is 2.53. The largest absolute Gasteiger partial charge is 0.330 e. The zero-order chi connectivity index (χ0) is 14.8. The summed E-state index contributed by atoms with van der Waals surface area (Å²) in [4.78, 5) is 6.75. The second kappa shape index (κ2) is 5.86. The Morgan fingerprint density at radius 1 is 1.29 bits per heavy atom. The van der Waals surface area contributed by atoms with E-state index in [2.05, 4.69) is 47.3 Å². The smallest absolute Gasteiger partial charge is 0.132 e. The third-order valence-corrected chi connectivity index (χ3v) is 4.45. The van der Waals surface area contributed by atoms with Gasteiger partial charge in [-0.2, -0.15) is 0 Å². The number of pyridine rings is 1. The minimum atomic E-state index is 0.533. The summed E-state index contributed by atoms with van der Waals surface area (Å²) >= 11 is 0. The fourth-order valence-electron chi connectivity index (χ4n) is 3.20. The molecule has 0 amide bonds. The van der Waals surface area contributed by atoms with Crippen molar-refractivity contribution in [1.29, 1.82) is 0 Å². The van der Waals surface area contributed by atoms with E-state index in [1.165, 1.54) is 29.7 Å². The molecule has 3 heteroatoms. The monoisotopic (exact) mass is 281 g/mol. The molecule has 1 heterocycles. The Balaban J connectivity index is 1.93. The summed E-state index contributed by atoms with van der Waals surface area (Å²) in [6, 6.07) is 12.9. The molecular weight excluding hydrogens is 258 g/mol. The zero-order valence-corrected chi connectivity index (χ0v) is 12.8. The predicted octanol–water partition coefficient (Wildman–Crippen LogP) is 3.54. The summed E-state index contributed by atoms with van der Waals surface area (Å²) in [5, 5.41) is 0. The summed E-state index contributed by atoms with van der Waals surface area (Å²) in [6.07, 6.45) is 3.62. The van der Waals surface area contributed by atoms with Crippen LogP contribution in [0, 0.1) is 6.92 Å². The molecule has 2 N–H and O–H groups in total. The number of benzene rings is 1. The lowest BCUT2D eigenvalue weighted by Gasteiger charge is -2.27. The lowest BCUT2D eigenvalue weighted by molar-refractivity contribution is 0.561. The van der Waals surface area contributed by atoms with Crippen molar-refractivity contribution < 1.29 is 0 Å². The van der Waals surface area contributed by atoms with Gasteiger partial charge >= 0.3 is 0 Å². The molecule has 1 atom stereocenters. The highest BCUT2D eigenvalue weighted by Gasteiger charge is 2.19. The highest BCUT2D eigenvalue weighted by Crippen LogP contribution is 2.34. The first-order valence-corrected chi connectivity index (χ1v) is 7.69. The number of nitrogens with two attached hydrogens (primary N) is 1. The van der Waals surface area contributed by atoms with Gasteiger partial charge in [0.05, 0.1) is 0 Å². The Labute approximate surface area is 126 Å². The predicted molar refractivity (Wildman–Crippen MR) is 88.2 cm³/mol. The van der Waals surface area contributed by atoms with Gasteiger partial charge in [0.1, 0.15) is 5.82 Å². The third kappa shape index (κ3) is 2.79. The van der Waals surface area contributed by atoms with E-state index >= 15 is 0 Å². The van der Waals surface area contributed by atoms with Crippen molar-refractivity contribution >= 4 is 11.5 Å². The maximum Gasteiger partial charge on any atom is 0.132 e. The standard InChI is InChI=1S/C18H23N3/c1-13-5-3-8-18(20-13)21(2)16-9-10-17-14(11-16)6-4-7-15(17)12-19/h3,5,8-11,15H,4,6-7,12,19H2,1-2H3/t15-/m0/s1. The summed E-state index contributed by atoms with van der Waals surface area (Å²) in [7, 11) is 2.08. The van der Waals surface area contributed by atoms with Crippen molar-refractivity contribution in [3.8, 4) is 0 Å². The van der Waals surface area contributed by atoms with Gasteiger partial charge in [0, 0.05) is 18.4 Å². The molecule has 1 aliphatic carbocycles. The van der Waals surface area contributed by atoms with Gasteiger partial charge in [0.15, 0.2) is 0 Å². The molecule has 110 valence electrons. The van der Waals surface area contributed by atoms with Crippen LogP contribution in [0.3, 0.4) is 0 Å². The molecule has 0 saturated heterocycles. The minimum Gasteiger partial charge on any atom is -0.330 e. The van der Waals surface area contributed by atoms with Crippen molar-refractivity contribution in [2.45, 2.75) is 32.1 Å². The van der Waals surface area contributed by atoms with Crippen molar-refractivity contribution in [2.75, 3.05) is 18.5 Å². The Bertz CT molecular complexity index is 636. The minimum absolute atomic E-state index is 0.533. The first kappa shape index (κ1) is 14.1. The van der Waals surface area contributed by atoms with Crippen LogP contribution in [0.4, 0.5) is 11.5 Å². The van der Waals surface area contributed by atoms with Crippen LogP contribution in [0.2, 0.25) is 0 Å². The first-order chi connectivity index (χ1) is 10.2. The van der Waals surface area contributed by atoms with Crippen molar-refractivity contribution in [1.82, 2.24) is 4.98 Å². The van der Waals surface area contributed by atoms with Gasteiger partial charge in [-0.25, -0.2) is 4.98 Å². The molecule has 0 fully saturated rings. The maximum absolute atomic E-state index is 5.90. The summed E-state index contributed by atoms with van der Waals surface area (Å²) < 4.78 is 0. The normalized spacial score (nSPS) is 17.4. The SMILES string of the molecule is Cc1cccc(N(C)c2ccc3c(c2)CCC[C@H]3CN)n1. The van der Waals surface area contributed by atoms with E-state index in [1.807, 2.05) is 13.0 Å². The molecule has 0 unspecified atom stereocenters. The summed E-state index contributed by atoms with van der Waals surface area (Å²) in [6.45, 7) is 2.78. The molecule has 0 radical (unpaired) electrons. The Morgan fingerprint density at radius 2 is 2.14 bits per heavy atom. The van der Waals surface area contributed by atoms with E-state index in [0.717, 1.165) is 24.5 Å². The van der Waals surface area contributed by atoms with E-state index in [9.17, 15) is 0 Å². The van der Waals surface area contributed by atoms with Crippen molar-refractivity contribution in [2.24, 2.45) is 5.73 Å². The highest BCUT2D eigenvalue weighted by atomic mass is 15.2. The van der Waals surface area contributed by atoms with Crippen LogP contribution >= 0.6 is 0 Å².